The summed E-state index contributed by atoms with van der Waals surface area (Å²) >= 11 is 0. The van der Waals surface area contributed by atoms with Crippen molar-refractivity contribution in [2.45, 2.75) is 0 Å². The topological polar surface area (TPSA) is 129 Å². The molecule has 134 valence electrons. The van der Waals surface area contributed by atoms with E-state index in [1.807, 2.05) is 0 Å². The van der Waals surface area contributed by atoms with Crippen molar-refractivity contribution >= 4 is 32.7 Å². The summed E-state index contributed by atoms with van der Waals surface area (Å²) in [6.07, 6.45) is 0. The molecule has 2 heterocycles. The summed E-state index contributed by atoms with van der Waals surface area (Å²) < 4.78 is 25.8. The minimum Gasteiger partial charge on any atom is -0.492 e. The van der Waals surface area contributed by atoms with Gasteiger partial charge in [0.1, 0.15) is 5.39 Å². The van der Waals surface area contributed by atoms with Crippen LogP contribution in [0.4, 0.5) is 0 Å². The lowest BCUT2D eigenvalue weighted by molar-refractivity contribution is 0.329. The third-order valence-electron chi connectivity index (χ3n) is 4.24. The molecular formula is C17H12O9. The highest BCUT2D eigenvalue weighted by molar-refractivity contribution is 6.23. The van der Waals surface area contributed by atoms with Gasteiger partial charge in [-0.3, -0.25) is 9.59 Å². The van der Waals surface area contributed by atoms with Crippen LogP contribution in [0.3, 0.4) is 0 Å². The van der Waals surface area contributed by atoms with Crippen molar-refractivity contribution in [1.29, 1.82) is 0 Å². The van der Waals surface area contributed by atoms with Crippen LogP contribution < -0.4 is 25.1 Å². The third kappa shape index (κ3) is 1.74. The number of rotatable bonds is 3. The maximum absolute atomic E-state index is 12.7. The Labute approximate surface area is 143 Å². The molecule has 4 rings (SSSR count). The lowest BCUT2D eigenvalue weighted by atomic mass is 10.0. The second-order valence-electron chi connectivity index (χ2n) is 5.45. The minimum absolute atomic E-state index is 0.0234. The highest BCUT2D eigenvalue weighted by Gasteiger charge is 2.29. The second-order valence-corrected chi connectivity index (χ2v) is 5.45. The molecule has 0 unspecified atom stereocenters. The van der Waals surface area contributed by atoms with Crippen LogP contribution in [0, 0.1) is 0 Å². The van der Waals surface area contributed by atoms with Crippen LogP contribution in [0.25, 0.3) is 32.7 Å². The predicted molar refractivity (Wildman–Crippen MR) is 90.2 cm³/mol. The molecule has 2 aromatic heterocycles. The van der Waals surface area contributed by atoms with Gasteiger partial charge in [-0.1, -0.05) is 0 Å². The molecule has 0 aliphatic heterocycles. The number of ether oxygens (including phenoxy) is 3. The maximum Gasteiger partial charge on any atom is 0.294 e. The Morgan fingerprint density at radius 3 is 2.00 bits per heavy atom. The number of methoxy groups -OCH3 is 3. The van der Waals surface area contributed by atoms with Crippen LogP contribution in [0.5, 0.6) is 29.1 Å². The Hall–Kier alpha value is -3.62. The fourth-order valence-corrected chi connectivity index (χ4v) is 3.16. The Balaban J connectivity index is 2.47. The van der Waals surface area contributed by atoms with Gasteiger partial charge >= 0.3 is 0 Å². The van der Waals surface area contributed by atoms with Crippen LogP contribution in [0.15, 0.2) is 24.5 Å². The summed E-state index contributed by atoms with van der Waals surface area (Å²) in [5.41, 5.74) is -1.99. The lowest BCUT2D eigenvalue weighted by Gasteiger charge is -2.15. The van der Waals surface area contributed by atoms with E-state index in [9.17, 15) is 19.8 Å². The average Bonchev–Trinajstić information content (AvgIpc) is 2.63. The van der Waals surface area contributed by atoms with E-state index in [4.69, 9.17) is 23.0 Å². The Kier molecular flexibility index (Phi) is 3.17. The first-order chi connectivity index (χ1) is 12.4. The number of hydrogen-bond acceptors (Lipinski definition) is 9. The third-order valence-corrected chi connectivity index (χ3v) is 4.24. The molecule has 0 saturated heterocycles. The molecule has 26 heavy (non-hydrogen) atoms. The molecule has 9 nitrogen and oxygen atoms in total. The van der Waals surface area contributed by atoms with Crippen molar-refractivity contribution in [3.63, 3.8) is 0 Å². The van der Waals surface area contributed by atoms with Crippen LogP contribution in [-0.2, 0) is 0 Å². The molecule has 0 aliphatic carbocycles. The minimum atomic E-state index is -0.718. The summed E-state index contributed by atoms with van der Waals surface area (Å²) in [5.74, 6) is -1.75. The van der Waals surface area contributed by atoms with E-state index >= 15 is 0 Å². The van der Waals surface area contributed by atoms with Gasteiger partial charge in [0.05, 0.1) is 32.1 Å². The van der Waals surface area contributed by atoms with Gasteiger partial charge in [-0.25, -0.2) is 0 Å². The van der Waals surface area contributed by atoms with Gasteiger partial charge in [-0.15, -0.1) is 0 Å². The lowest BCUT2D eigenvalue weighted by Crippen LogP contribution is -2.11. The number of hydrogen-bond donors (Lipinski definition) is 2. The Bertz CT molecular complexity index is 1300. The van der Waals surface area contributed by atoms with Gasteiger partial charge < -0.3 is 33.3 Å². The highest BCUT2D eigenvalue weighted by Crippen LogP contribution is 2.47. The van der Waals surface area contributed by atoms with Crippen molar-refractivity contribution in [3.05, 3.63) is 26.5 Å². The van der Waals surface area contributed by atoms with E-state index in [-0.39, 0.29) is 50.0 Å². The number of benzene rings is 2. The molecule has 0 fully saturated rings. The van der Waals surface area contributed by atoms with Crippen molar-refractivity contribution < 1.29 is 33.3 Å². The van der Waals surface area contributed by atoms with Gasteiger partial charge in [0, 0.05) is 5.39 Å². The second kappa shape index (κ2) is 5.19. The fraction of sp³-hybridized carbons (Fsp3) is 0.176. The molecule has 9 heteroatoms. The molecule has 0 amide bonds. The summed E-state index contributed by atoms with van der Waals surface area (Å²) in [6, 6.07) is 1.26. The van der Waals surface area contributed by atoms with E-state index < -0.39 is 22.8 Å². The zero-order valence-corrected chi connectivity index (χ0v) is 13.8. The van der Waals surface area contributed by atoms with E-state index in [2.05, 4.69) is 0 Å². The molecule has 0 aliphatic rings. The van der Waals surface area contributed by atoms with E-state index in [1.54, 1.807) is 0 Å². The van der Waals surface area contributed by atoms with Crippen LogP contribution >= 0.6 is 0 Å². The molecule has 2 aromatic carbocycles. The van der Waals surface area contributed by atoms with Crippen LogP contribution in [0.2, 0.25) is 0 Å². The van der Waals surface area contributed by atoms with Gasteiger partial charge in [-0.05, 0) is 6.07 Å². The summed E-state index contributed by atoms with van der Waals surface area (Å²) in [6.45, 7) is 0. The first kappa shape index (κ1) is 15.9. The van der Waals surface area contributed by atoms with Gasteiger partial charge in [0.2, 0.25) is 5.75 Å². The smallest absolute Gasteiger partial charge is 0.294 e. The molecule has 0 bridgehead atoms. The van der Waals surface area contributed by atoms with E-state index in [1.165, 1.54) is 27.4 Å². The van der Waals surface area contributed by atoms with Crippen molar-refractivity contribution in [3.8, 4) is 29.1 Å². The summed E-state index contributed by atoms with van der Waals surface area (Å²) in [4.78, 5) is 25.2. The average molecular weight is 360 g/mol. The monoisotopic (exact) mass is 360 g/mol. The maximum atomic E-state index is 12.7. The fourth-order valence-electron chi connectivity index (χ4n) is 3.16. The largest absolute Gasteiger partial charge is 0.492 e. The molecule has 0 radical (unpaired) electrons. The standard InChI is InChI=1S/C17H12O9/c1-22-6-4-5-7-8-9(17(21)26-12(7)10(6)18)14(23-2)15(24-3)11(19)13(8)25-16(5)20/h4,20-21H,1-3H3. The van der Waals surface area contributed by atoms with Crippen molar-refractivity contribution in [2.24, 2.45) is 0 Å². The summed E-state index contributed by atoms with van der Waals surface area (Å²) in [5, 5.41) is 20.8. The van der Waals surface area contributed by atoms with Gasteiger partial charge in [0.25, 0.3) is 22.8 Å². The van der Waals surface area contributed by atoms with Gasteiger partial charge in [-0.2, -0.15) is 0 Å². The van der Waals surface area contributed by atoms with Crippen LogP contribution in [0.1, 0.15) is 0 Å². The first-order valence-electron chi connectivity index (χ1n) is 7.34. The summed E-state index contributed by atoms with van der Waals surface area (Å²) in [7, 11) is 3.79. The molecule has 0 atom stereocenters. The zero-order valence-electron chi connectivity index (χ0n) is 13.8. The Morgan fingerprint density at radius 2 is 1.38 bits per heavy atom. The zero-order chi connectivity index (χ0) is 18.7. The molecule has 0 saturated carbocycles. The van der Waals surface area contributed by atoms with E-state index in [0.717, 1.165) is 0 Å². The van der Waals surface area contributed by atoms with Crippen molar-refractivity contribution in [2.75, 3.05) is 21.3 Å². The molecule has 4 aromatic rings. The van der Waals surface area contributed by atoms with Gasteiger partial charge in [0.15, 0.2) is 22.7 Å². The molecule has 2 N–H and O–H groups in total. The van der Waals surface area contributed by atoms with Crippen molar-refractivity contribution in [1.82, 2.24) is 0 Å². The SMILES string of the molecule is COc1cc2c(O)oc3c(=O)c(OC)c(OC)c4c(O)oc(c1=O)c2c43. The highest BCUT2D eigenvalue weighted by atomic mass is 16.5. The number of aromatic hydroxyl groups is 2. The predicted octanol–water partition coefficient (Wildman–Crippen LogP) is 1.93. The van der Waals surface area contributed by atoms with E-state index in [0.29, 0.717) is 0 Å². The van der Waals surface area contributed by atoms with Crippen LogP contribution in [-0.4, -0.2) is 31.5 Å². The first-order valence-corrected chi connectivity index (χ1v) is 7.34. The normalized spacial score (nSPS) is 11.5. The molecular weight excluding hydrogens is 348 g/mol. The molecule has 0 spiro atoms. The Morgan fingerprint density at radius 1 is 0.769 bits per heavy atom. The quantitative estimate of drug-likeness (QED) is 0.526.